The lowest BCUT2D eigenvalue weighted by Gasteiger charge is -2.22. The molecule has 1 unspecified atom stereocenters. The van der Waals surface area contributed by atoms with Crippen LogP contribution in [0.1, 0.15) is 31.0 Å². The second-order valence-corrected chi connectivity index (χ2v) is 3.13. The van der Waals surface area contributed by atoms with Gasteiger partial charge in [-0.3, -0.25) is 0 Å². The van der Waals surface area contributed by atoms with Gasteiger partial charge in [0.25, 0.3) is 0 Å². The predicted octanol–water partition coefficient (Wildman–Crippen LogP) is 1.83. The Morgan fingerprint density at radius 3 is 3.00 bits per heavy atom. The summed E-state index contributed by atoms with van der Waals surface area (Å²) in [6, 6.07) is 4.80. The number of H-pyrrole nitrogens is 1. The van der Waals surface area contributed by atoms with Crippen molar-refractivity contribution in [2.45, 2.75) is 25.3 Å². The SMILES string of the molecule is c1c[nH]c(C2CCCCN2)c1. The van der Waals surface area contributed by atoms with Crippen LogP contribution in [0.15, 0.2) is 18.3 Å². The average molecular weight is 150 g/mol. The van der Waals surface area contributed by atoms with Gasteiger partial charge in [-0.25, -0.2) is 0 Å². The molecule has 1 fully saturated rings. The Balaban J connectivity index is 2.04. The Bertz CT molecular complexity index is 197. The molecule has 2 heterocycles. The average Bonchev–Trinajstić information content (AvgIpc) is 2.58. The van der Waals surface area contributed by atoms with Crippen molar-refractivity contribution < 1.29 is 0 Å². The van der Waals surface area contributed by atoms with Gasteiger partial charge in [-0.1, -0.05) is 6.42 Å². The van der Waals surface area contributed by atoms with Crippen LogP contribution < -0.4 is 5.32 Å². The van der Waals surface area contributed by atoms with Crippen molar-refractivity contribution in [3.05, 3.63) is 24.0 Å². The zero-order chi connectivity index (χ0) is 7.52. The van der Waals surface area contributed by atoms with E-state index >= 15 is 0 Å². The van der Waals surface area contributed by atoms with E-state index in [4.69, 9.17) is 0 Å². The molecule has 2 N–H and O–H groups in total. The molecule has 0 saturated carbocycles. The molecule has 0 amide bonds. The number of aromatic amines is 1. The van der Waals surface area contributed by atoms with Crippen LogP contribution in [0.4, 0.5) is 0 Å². The van der Waals surface area contributed by atoms with Gasteiger partial charge in [0.15, 0.2) is 0 Å². The first-order chi connectivity index (χ1) is 5.47. The monoisotopic (exact) mass is 150 g/mol. The largest absolute Gasteiger partial charge is 0.364 e. The molecule has 1 aliphatic rings. The van der Waals surface area contributed by atoms with Crippen molar-refractivity contribution in [3.8, 4) is 0 Å². The third-order valence-electron chi connectivity index (χ3n) is 2.31. The van der Waals surface area contributed by atoms with Crippen molar-refractivity contribution in [2.24, 2.45) is 0 Å². The van der Waals surface area contributed by atoms with Crippen molar-refractivity contribution >= 4 is 0 Å². The van der Waals surface area contributed by atoms with Gasteiger partial charge >= 0.3 is 0 Å². The van der Waals surface area contributed by atoms with E-state index in [1.165, 1.54) is 31.5 Å². The molecular weight excluding hydrogens is 136 g/mol. The van der Waals surface area contributed by atoms with Gasteiger partial charge in [0.05, 0.1) is 0 Å². The second kappa shape index (κ2) is 3.09. The third kappa shape index (κ3) is 1.46. The number of piperidine rings is 1. The first-order valence-electron chi connectivity index (χ1n) is 4.33. The molecular formula is C9H14N2. The van der Waals surface area contributed by atoms with Crippen LogP contribution in [0, 0.1) is 0 Å². The van der Waals surface area contributed by atoms with Gasteiger partial charge in [0, 0.05) is 17.9 Å². The molecule has 1 aromatic rings. The van der Waals surface area contributed by atoms with E-state index in [0.29, 0.717) is 6.04 Å². The summed E-state index contributed by atoms with van der Waals surface area (Å²) in [6.07, 6.45) is 5.96. The maximum absolute atomic E-state index is 3.49. The van der Waals surface area contributed by atoms with Crippen molar-refractivity contribution in [2.75, 3.05) is 6.54 Å². The standard InChI is InChI=1S/C9H14N2/c1-2-6-10-8(4-1)9-5-3-7-11-9/h3,5,7-8,10-11H,1-2,4,6H2. The first-order valence-corrected chi connectivity index (χ1v) is 4.33. The molecule has 0 aliphatic carbocycles. The van der Waals surface area contributed by atoms with E-state index in [1.807, 2.05) is 6.20 Å². The van der Waals surface area contributed by atoms with Crippen molar-refractivity contribution in [1.29, 1.82) is 0 Å². The van der Waals surface area contributed by atoms with E-state index in [2.05, 4.69) is 22.4 Å². The second-order valence-electron chi connectivity index (χ2n) is 3.13. The summed E-state index contributed by atoms with van der Waals surface area (Å²) in [6.45, 7) is 1.17. The van der Waals surface area contributed by atoms with Gasteiger partial charge in [-0.05, 0) is 31.5 Å². The molecule has 2 nitrogen and oxygen atoms in total. The molecule has 1 aliphatic heterocycles. The van der Waals surface area contributed by atoms with Crippen LogP contribution in [0.2, 0.25) is 0 Å². The van der Waals surface area contributed by atoms with Crippen LogP contribution in [-0.2, 0) is 0 Å². The van der Waals surface area contributed by atoms with E-state index in [9.17, 15) is 0 Å². The quantitative estimate of drug-likeness (QED) is 0.628. The summed E-state index contributed by atoms with van der Waals surface area (Å²) in [5, 5.41) is 3.49. The number of hydrogen-bond acceptors (Lipinski definition) is 1. The van der Waals surface area contributed by atoms with Crippen LogP contribution in [0.3, 0.4) is 0 Å². The van der Waals surface area contributed by atoms with E-state index < -0.39 is 0 Å². The van der Waals surface area contributed by atoms with Crippen LogP contribution in [0.25, 0.3) is 0 Å². The fourth-order valence-corrected chi connectivity index (χ4v) is 1.68. The Hall–Kier alpha value is -0.760. The highest BCUT2D eigenvalue weighted by Crippen LogP contribution is 2.20. The van der Waals surface area contributed by atoms with Gasteiger partial charge in [-0.2, -0.15) is 0 Å². The van der Waals surface area contributed by atoms with Gasteiger partial charge < -0.3 is 10.3 Å². The highest BCUT2D eigenvalue weighted by molar-refractivity contribution is 5.09. The number of nitrogens with one attached hydrogen (secondary N) is 2. The summed E-state index contributed by atoms with van der Waals surface area (Å²) in [7, 11) is 0. The number of hydrogen-bond donors (Lipinski definition) is 2. The Morgan fingerprint density at radius 1 is 1.36 bits per heavy atom. The van der Waals surface area contributed by atoms with Crippen LogP contribution in [0.5, 0.6) is 0 Å². The zero-order valence-corrected chi connectivity index (χ0v) is 6.64. The van der Waals surface area contributed by atoms with E-state index in [-0.39, 0.29) is 0 Å². The lowest BCUT2D eigenvalue weighted by Crippen LogP contribution is -2.26. The smallest absolute Gasteiger partial charge is 0.0472 e. The molecule has 1 atom stereocenters. The summed E-state index contributed by atoms with van der Waals surface area (Å²) in [5.41, 5.74) is 1.34. The highest BCUT2D eigenvalue weighted by Gasteiger charge is 2.14. The maximum atomic E-state index is 3.49. The van der Waals surface area contributed by atoms with E-state index in [0.717, 1.165) is 0 Å². The van der Waals surface area contributed by atoms with Crippen molar-refractivity contribution in [3.63, 3.8) is 0 Å². The molecule has 0 bridgehead atoms. The molecule has 0 aromatic carbocycles. The highest BCUT2D eigenvalue weighted by atomic mass is 14.9. The van der Waals surface area contributed by atoms with Gasteiger partial charge in [0.2, 0.25) is 0 Å². The number of rotatable bonds is 1. The minimum absolute atomic E-state index is 0.582. The minimum Gasteiger partial charge on any atom is -0.364 e. The molecule has 0 radical (unpaired) electrons. The fraction of sp³-hybridized carbons (Fsp3) is 0.556. The van der Waals surface area contributed by atoms with Gasteiger partial charge in [0.1, 0.15) is 0 Å². The van der Waals surface area contributed by atoms with Crippen LogP contribution in [-0.4, -0.2) is 11.5 Å². The molecule has 2 rings (SSSR count). The minimum atomic E-state index is 0.582. The topological polar surface area (TPSA) is 27.8 Å². The normalized spacial score (nSPS) is 25.3. The van der Waals surface area contributed by atoms with E-state index in [1.54, 1.807) is 0 Å². The molecule has 60 valence electrons. The molecule has 2 heteroatoms. The lowest BCUT2D eigenvalue weighted by atomic mass is 10.0. The zero-order valence-electron chi connectivity index (χ0n) is 6.64. The summed E-state index contributed by atoms with van der Waals surface area (Å²) >= 11 is 0. The van der Waals surface area contributed by atoms with Crippen molar-refractivity contribution in [1.82, 2.24) is 10.3 Å². The maximum Gasteiger partial charge on any atom is 0.0472 e. The summed E-state index contributed by atoms with van der Waals surface area (Å²) in [5.74, 6) is 0. The molecule has 1 aromatic heterocycles. The molecule has 0 spiro atoms. The Morgan fingerprint density at radius 2 is 2.36 bits per heavy atom. The Labute approximate surface area is 67.0 Å². The molecule has 11 heavy (non-hydrogen) atoms. The number of aromatic nitrogens is 1. The summed E-state index contributed by atoms with van der Waals surface area (Å²) < 4.78 is 0. The predicted molar refractivity (Wildman–Crippen MR) is 45.4 cm³/mol. The Kier molecular flexibility index (Phi) is 1.95. The third-order valence-corrected chi connectivity index (χ3v) is 2.31. The van der Waals surface area contributed by atoms with Gasteiger partial charge in [-0.15, -0.1) is 0 Å². The summed E-state index contributed by atoms with van der Waals surface area (Å²) in [4.78, 5) is 3.24. The molecule has 1 saturated heterocycles. The lowest BCUT2D eigenvalue weighted by molar-refractivity contribution is 0.406. The van der Waals surface area contributed by atoms with Crippen LogP contribution >= 0.6 is 0 Å². The first kappa shape index (κ1) is 6.92. The fourth-order valence-electron chi connectivity index (χ4n) is 1.68.